The van der Waals surface area contributed by atoms with Gasteiger partial charge in [0.2, 0.25) is 0 Å². The molecule has 0 aliphatic heterocycles. The van der Waals surface area contributed by atoms with E-state index in [2.05, 4.69) is 0 Å². The number of carbonyl (C=O) groups excluding carboxylic acids is 1. The molecule has 0 aliphatic carbocycles. The van der Waals surface area contributed by atoms with Gasteiger partial charge in [-0.1, -0.05) is 29.3 Å². The monoisotopic (exact) mass is 219 g/mol. The molecule has 0 saturated heterocycles. The van der Waals surface area contributed by atoms with Crippen molar-refractivity contribution in [2.75, 3.05) is 0 Å². The van der Waals surface area contributed by atoms with Crippen LogP contribution in [0.25, 0.3) is 0 Å². The maximum atomic E-state index is 10.6. The molecular formula is C8H7Cl2NO2. The number of nitrogens with two attached hydrogens (primary N) is 1. The predicted molar refractivity (Wildman–Crippen MR) is 50.6 cm³/mol. The highest BCUT2D eigenvalue weighted by atomic mass is 35.5. The molecule has 1 rings (SSSR count). The number of carbonyl (C=O) groups is 1. The first-order chi connectivity index (χ1) is 6.02. The van der Waals surface area contributed by atoms with Gasteiger partial charge >= 0.3 is 0 Å². The molecule has 0 fully saturated rings. The first kappa shape index (κ1) is 10.3. The van der Waals surface area contributed by atoms with E-state index in [1.165, 1.54) is 18.2 Å². The zero-order valence-corrected chi connectivity index (χ0v) is 8.01. The van der Waals surface area contributed by atoms with Crippen LogP contribution in [0.3, 0.4) is 0 Å². The minimum absolute atomic E-state index is 0.221. The number of amides is 1. The summed E-state index contributed by atoms with van der Waals surface area (Å²) in [6.07, 6.45) is -1.38. The standard InChI is InChI=1S/C8H7Cl2NO2/c9-4-1-2-5(6(10)3-4)7(12)8(11)13/h1-3,7,12H,(H2,11,13). The summed E-state index contributed by atoms with van der Waals surface area (Å²) in [6, 6.07) is 4.42. The molecule has 0 aliphatic rings. The molecule has 0 saturated carbocycles. The molecule has 1 amide bonds. The number of halogens is 2. The first-order valence-corrected chi connectivity index (χ1v) is 4.20. The van der Waals surface area contributed by atoms with Gasteiger partial charge < -0.3 is 10.8 Å². The van der Waals surface area contributed by atoms with Gasteiger partial charge in [0.15, 0.2) is 6.10 Å². The molecule has 0 bridgehead atoms. The Bertz CT molecular complexity index is 341. The number of rotatable bonds is 2. The Morgan fingerprint density at radius 1 is 1.46 bits per heavy atom. The number of hydrogen-bond donors (Lipinski definition) is 2. The van der Waals surface area contributed by atoms with E-state index in [-0.39, 0.29) is 10.6 Å². The lowest BCUT2D eigenvalue weighted by molar-refractivity contribution is -0.126. The van der Waals surface area contributed by atoms with E-state index < -0.39 is 12.0 Å². The Morgan fingerprint density at radius 2 is 2.08 bits per heavy atom. The second-order valence-electron chi connectivity index (χ2n) is 2.47. The van der Waals surface area contributed by atoms with Gasteiger partial charge in [0.1, 0.15) is 0 Å². The fourth-order valence-corrected chi connectivity index (χ4v) is 1.39. The maximum absolute atomic E-state index is 10.6. The number of hydrogen-bond acceptors (Lipinski definition) is 2. The van der Waals surface area contributed by atoms with E-state index in [4.69, 9.17) is 28.9 Å². The summed E-state index contributed by atoms with van der Waals surface area (Å²) in [4.78, 5) is 10.6. The second kappa shape index (κ2) is 3.96. The Morgan fingerprint density at radius 3 is 2.54 bits per heavy atom. The SMILES string of the molecule is NC(=O)C(O)c1ccc(Cl)cc1Cl. The molecule has 5 heteroatoms. The van der Waals surface area contributed by atoms with Crippen LogP contribution in [-0.2, 0) is 4.79 Å². The average Bonchev–Trinajstić information content (AvgIpc) is 2.03. The Hall–Kier alpha value is -0.770. The number of primary amides is 1. The number of aliphatic hydroxyl groups is 1. The van der Waals surface area contributed by atoms with Crippen LogP contribution in [0.1, 0.15) is 11.7 Å². The van der Waals surface area contributed by atoms with Crippen molar-refractivity contribution in [3.63, 3.8) is 0 Å². The summed E-state index contributed by atoms with van der Waals surface area (Å²) < 4.78 is 0. The van der Waals surface area contributed by atoms with Crippen LogP contribution < -0.4 is 5.73 Å². The highest BCUT2D eigenvalue weighted by molar-refractivity contribution is 6.35. The van der Waals surface area contributed by atoms with Gasteiger partial charge in [-0.2, -0.15) is 0 Å². The van der Waals surface area contributed by atoms with Gasteiger partial charge in [0, 0.05) is 15.6 Å². The van der Waals surface area contributed by atoms with E-state index in [0.717, 1.165) is 0 Å². The average molecular weight is 220 g/mol. The molecule has 0 spiro atoms. The normalized spacial score (nSPS) is 12.5. The quantitative estimate of drug-likeness (QED) is 0.793. The van der Waals surface area contributed by atoms with Crippen molar-refractivity contribution in [3.05, 3.63) is 33.8 Å². The number of benzene rings is 1. The highest BCUT2D eigenvalue weighted by Crippen LogP contribution is 2.25. The summed E-state index contributed by atoms with van der Waals surface area (Å²) in [7, 11) is 0. The van der Waals surface area contributed by atoms with Crippen LogP contribution in [0.2, 0.25) is 10.0 Å². The van der Waals surface area contributed by atoms with Crippen LogP contribution in [0.5, 0.6) is 0 Å². The predicted octanol–water partition coefficient (Wildman–Crippen LogP) is 1.51. The van der Waals surface area contributed by atoms with Gasteiger partial charge in [0.05, 0.1) is 0 Å². The lowest BCUT2D eigenvalue weighted by atomic mass is 10.1. The molecule has 0 aromatic heterocycles. The van der Waals surface area contributed by atoms with E-state index in [0.29, 0.717) is 5.02 Å². The van der Waals surface area contributed by atoms with Crippen molar-refractivity contribution < 1.29 is 9.90 Å². The molecular weight excluding hydrogens is 213 g/mol. The first-order valence-electron chi connectivity index (χ1n) is 3.44. The fourth-order valence-electron chi connectivity index (χ4n) is 0.877. The molecule has 1 aromatic carbocycles. The van der Waals surface area contributed by atoms with Crippen molar-refractivity contribution in [1.29, 1.82) is 0 Å². The van der Waals surface area contributed by atoms with Crippen LogP contribution in [0, 0.1) is 0 Å². The van der Waals surface area contributed by atoms with Crippen molar-refractivity contribution >= 4 is 29.1 Å². The Labute approximate surface area is 85.1 Å². The minimum Gasteiger partial charge on any atom is -0.378 e. The number of aliphatic hydroxyl groups excluding tert-OH is 1. The van der Waals surface area contributed by atoms with E-state index in [1.54, 1.807) is 0 Å². The van der Waals surface area contributed by atoms with Crippen LogP contribution >= 0.6 is 23.2 Å². The van der Waals surface area contributed by atoms with Crippen molar-refractivity contribution in [1.82, 2.24) is 0 Å². The zero-order valence-electron chi connectivity index (χ0n) is 6.50. The lowest BCUT2D eigenvalue weighted by Crippen LogP contribution is -2.21. The van der Waals surface area contributed by atoms with Crippen LogP contribution in [0.15, 0.2) is 18.2 Å². The van der Waals surface area contributed by atoms with E-state index >= 15 is 0 Å². The third-order valence-corrected chi connectivity index (χ3v) is 2.09. The summed E-state index contributed by atoms with van der Waals surface area (Å²) in [5.41, 5.74) is 5.16. The molecule has 0 radical (unpaired) electrons. The van der Waals surface area contributed by atoms with Gasteiger partial charge in [-0.15, -0.1) is 0 Å². The van der Waals surface area contributed by atoms with Crippen LogP contribution in [0.4, 0.5) is 0 Å². The smallest absolute Gasteiger partial charge is 0.250 e. The molecule has 0 heterocycles. The zero-order chi connectivity index (χ0) is 10.0. The third-order valence-electron chi connectivity index (χ3n) is 1.53. The topological polar surface area (TPSA) is 63.3 Å². The highest BCUT2D eigenvalue weighted by Gasteiger charge is 2.16. The van der Waals surface area contributed by atoms with Gasteiger partial charge in [-0.3, -0.25) is 4.79 Å². The van der Waals surface area contributed by atoms with Crippen LogP contribution in [-0.4, -0.2) is 11.0 Å². The van der Waals surface area contributed by atoms with Crippen molar-refractivity contribution in [3.8, 4) is 0 Å². The second-order valence-corrected chi connectivity index (χ2v) is 3.31. The summed E-state index contributed by atoms with van der Waals surface area (Å²) in [5, 5.41) is 9.92. The van der Waals surface area contributed by atoms with Gasteiger partial charge in [0.25, 0.3) is 5.91 Å². The summed E-state index contributed by atoms with van der Waals surface area (Å²) in [5.74, 6) is -0.843. The Balaban J connectivity index is 3.08. The molecule has 70 valence electrons. The molecule has 1 aromatic rings. The van der Waals surface area contributed by atoms with E-state index in [9.17, 15) is 9.90 Å². The fraction of sp³-hybridized carbons (Fsp3) is 0.125. The largest absolute Gasteiger partial charge is 0.378 e. The molecule has 3 nitrogen and oxygen atoms in total. The lowest BCUT2D eigenvalue weighted by Gasteiger charge is -2.08. The van der Waals surface area contributed by atoms with Crippen molar-refractivity contribution in [2.24, 2.45) is 5.73 Å². The van der Waals surface area contributed by atoms with Crippen molar-refractivity contribution in [2.45, 2.75) is 6.10 Å². The van der Waals surface area contributed by atoms with Gasteiger partial charge in [-0.05, 0) is 12.1 Å². The van der Waals surface area contributed by atoms with E-state index in [1.807, 2.05) is 0 Å². The third kappa shape index (κ3) is 2.34. The maximum Gasteiger partial charge on any atom is 0.250 e. The molecule has 1 unspecified atom stereocenters. The summed E-state index contributed by atoms with van der Waals surface area (Å²) >= 11 is 11.3. The molecule has 13 heavy (non-hydrogen) atoms. The molecule has 1 atom stereocenters. The Kier molecular flexibility index (Phi) is 3.14. The molecule has 3 N–H and O–H groups in total. The minimum atomic E-state index is -1.38. The van der Waals surface area contributed by atoms with Gasteiger partial charge in [-0.25, -0.2) is 0 Å². The summed E-state index contributed by atoms with van der Waals surface area (Å²) in [6.45, 7) is 0.